The molecule has 3 saturated heterocycles. The molecule has 0 aliphatic carbocycles. The van der Waals surface area contributed by atoms with Gasteiger partial charge in [0, 0.05) is 88.7 Å². The fourth-order valence-corrected chi connectivity index (χ4v) is 6.83. The molecule has 3 aliphatic rings. The minimum absolute atomic E-state index is 0.146. The van der Waals surface area contributed by atoms with E-state index in [1.54, 1.807) is 11.3 Å². The molecule has 5 heterocycles. The van der Waals surface area contributed by atoms with E-state index in [4.69, 9.17) is 10.1 Å². The standard InChI is InChI=1S/C28H40N8OS/c1-21(2)32-16-18-33(19-17-32)24-6-4-22(5-7-24)25-20-36-27(29-25)38-28(30-36)35-10-8-23(9-11-35)26(37)34-14-12-31(3)13-15-34/h4-7,20-21,23H,8-19H2,1-3H3. The first-order valence-electron chi connectivity index (χ1n) is 14.1. The molecule has 1 amide bonds. The number of rotatable bonds is 5. The van der Waals surface area contributed by atoms with Crippen LogP contribution in [0.1, 0.15) is 26.7 Å². The zero-order valence-corrected chi connectivity index (χ0v) is 23.7. The van der Waals surface area contributed by atoms with Gasteiger partial charge in [0.05, 0.1) is 11.9 Å². The number of carbonyl (C=O) groups excluding carboxylic acids is 1. The van der Waals surface area contributed by atoms with Crippen LogP contribution in [0.4, 0.5) is 10.8 Å². The van der Waals surface area contributed by atoms with E-state index in [0.29, 0.717) is 11.9 Å². The summed E-state index contributed by atoms with van der Waals surface area (Å²) in [6, 6.07) is 9.42. The van der Waals surface area contributed by atoms with Gasteiger partial charge < -0.3 is 19.6 Å². The lowest BCUT2D eigenvalue weighted by atomic mass is 9.95. The van der Waals surface area contributed by atoms with Gasteiger partial charge in [-0.3, -0.25) is 9.69 Å². The number of imidazole rings is 1. The number of aromatic nitrogens is 3. The van der Waals surface area contributed by atoms with Crippen molar-refractivity contribution in [2.24, 2.45) is 5.92 Å². The highest BCUT2D eigenvalue weighted by Gasteiger charge is 2.31. The summed E-state index contributed by atoms with van der Waals surface area (Å²) in [5.74, 6) is 0.493. The summed E-state index contributed by atoms with van der Waals surface area (Å²) in [6.07, 6.45) is 3.84. The van der Waals surface area contributed by atoms with Crippen molar-refractivity contribution >= 4 is 33.0 Å². The Kier molecular flexibility index (Phi) is 7.29. The predicted octanol–water partition coefficient (Wildman–Crippen LogP) is 2.98. The molecule has 204 valence electrons. The number of nitrogens with zero attached hydrogens (tertiary/aromatic N) is 8. The van der Waals surface area contributed by atoms with Gasteiger partial charge in [0.25, 0.3) is 0 Å². The van der Waals surface area contributed by atoms with Crippen LogP contribution in [0, 0.1) is 5.92 Å². The van der Waals surface area contributed by atoms with Gasteiger partial charge in [-0.15, -0.1) is 5.10 Å². The van der Waals surface area contributed by atoms with E-state index >= 15 is 0 Å². The van der Waals surface area contributed by atoms with E-state index in [0.717, 1.165) is 99.6 Å². The van der Waals surface area contributed by atoms with Crippen LogP contribution in [0.5, 0.6) is 0 Å². The summed E-state index contributed by atoms with van der Waals surface area (Å²) in [7, 11) is 2.13. The largest absolute Gasteiger partial charge is 0.369 e. The highest BCUT2D eigenvalue weighted by Crippen LogP contribution is 2.31. The Morgan fingerprint density at radius 2 is 1.58 bits per heavy atom. The number of hydrogen-bond donors (Lipinski definition) is 0. The van der Waals surface area contributed by atoms with Crippen molar-refractivity contribution in [3.8, 4) is 11.3 Å². The normalized spacial score (nSPS) is 20.7. The first kappa shape index (κ1) is 25.6. The first-order valence-corrected chi connectivity index (χ1v) is 14.9. The van der Waals surface area contributed by atoms with Gasteiger partial charge in [-0.05, 0) is 45.9 Å². The molecule has 38 heavy (non-hydrogen) atoms. The molecule has 6 rings (SSSR count). The van der Waals surface area contributed by atoms with E-state index in [2.05, 4.69) is 69.7 Å². The summed E-state index contributed by atoms with van der Waals surface area (Å²) in [5.41, 5.74) is 3.37. The Balaban J connectivity index is 1.05. The van der Waals surface area contributed by atoms with Crippen molar-refractivity contribution in [3.63, 3.8) is 0 Å². The van der Waals surface area contributed by atoms with Crippen molar-refractivity contribution < 1.29 is 4.79 Å². The van der Waals surface area contributed by atoms with Gasteiger partial charge in [-0.2, -0.15) is 0 Å². The second-order valence-corrected chi connectivity index (χ2v) is 12.2. The monoisotopic (exact) mass is 536 g/mol. The minimum Gasteiger partial charge on any atom is -0.369 e. The van der Waals surface area contributed by atoms with Crippen LogP contribution in [-0.4, -0.2) is 114 Å². The molecule has 0 bridgehead atoms. The van der Waals surface area contributed by atoms with E-state index < -0.39 is 0 Å². The fourth-order valence-electron chi connectivity index (χ4n) is 5.90. The van der Waals surface area contributed by atoms with Crippen molar-refractivity contribution in [1.82, 2.24) is 29.3 Å². The van der Waals surface area contributed by atoms with E-state index in [-0.39, 0.29) is 5.92 Å². The third-order valence-electron chi connectivity index (χ3n) is 8.53. The average Bonchev–Trinajstić information content (AvgIpc) is 3.53. The van der Waals surface area contributed by atoms with Gasteiger partial charge in [0.1, 0.15) is 0 Å². The smallest absolute Gasteiger partial charge is 0.225 e. The summed E-state index contributed by atoms with van der Waals surface area (Å²) in [6.45, 7) is 14.4. The van der Waals surface area contributed by atoms with Crippen molar-refractivity contribution in [2.75, 3.05) is 82.3 Å². The summed E-state index contributed by atoms with van der Waals surface area (Å²) in [5, 5.41) is 5.85. The number of anilines is 2. The predicted molar refractivity (Wildman–Crippen MR) is 154 cm³/mol. The van der Waals surface area contributed by atoms with Crippen molar-refractivity contribution in [3.05, 3.63) is 30.5 Å². The van der Waals surface area contributed by atoms with Gasteiger partial charge in [-0.25, -0.2) is 9.50 Å². The molecular formula is C28H40N8OS. The molecular weight excluding hydrogens is 496 g/mol. The highest BCUT2D eigenvalue weighted by atomic mass is 32.1. The lowest BCUT2D eigenvalue weighted by Gasteiger charge is -2.38. The number of benzene rings is 1. The molecule has 2 aromatic heterocycles. The number of fused-ring (bicyclic) bond motifs is 1. The summed E-state index contributed by atoms with van der Waals surface area (Å²) in [4.78, 5) is 30.5. The Bertz CT molecular complexity index is 1200. The average molecular weight is 537 g/mol. The molecule has 0 atom stereocenters. The van der Waals surface area contributed by atoms with Crippen molar-refractivity contribution in [2.45, 2.75) is 32.7 Å². The molecule has 0 saturated carbocycles. The first-order chi connectivity index (χ1) is 18.4. The highest BCUT2D eigenvalue weighted by molar-refractivity contribution is 7.20. The Hall–Kier alpha value is -2.69. The Morgan fingerprint density at radius 1 is 0.895 bits per heavy atom. The molecule has 0 radical (unpaired) electrons. The quantitative estimate of drug-likeness (QED) is 0.497. The number of hydrogen-bond acceptors (Lipinski definition) is 8. The van der Waals surface area contributed by atoms with Gasteiger partial charge in [-0.1, -0.05) is 23.5 Å². The van der Waals surface area contributed by atoms with Crippen molar-refractivity contribution in [1.29, 1.82) is 0 Å². The SMILES string of the molecule is CC(C)N1CCN(c2ccc(-c3cn4nc(N5CCC(C(=O)N6CCN(C)CC6)CC5)sc4n3)cc2)CC1. The van der Waals surface area contributed by atoms with Crippen LogP contribution in [0.3, 0.4) is 0 Å². The topological polar surface area (TPSA) is 63.5 Å². The van der Waals surface area contributed by atoms with Crippen LogP contribution in [0.15, 0.2) is 30.5 Å². The number of amides is 1. The fraction of sp³-hybridized carbons (Fsp3) is 0.607. The maximum Gasteiger partial charge on any atom is 0.225 e. The third kappa shape index (κ3) is 5.26. The van der Waals surface area contributed by atoms with Crippen LogP contribution in [0.25, 0.3) is 16.2 Å². The number of carbonyl (C=O) groups is 1. The lowest BCUT2D eigenvalue weighted by Crippen LogP contribution is -2.50. The third-order valence-corrected chi connectivity index (χ3v) is 9.52. The lowest BCUT2D eigenvalue weighted by molar-refractivity contribution is -0.137. The molecule has 0 N–H and O–H groups in total. The summed E-state index contributed by atoms with van der Waals surface area (Å²) < 4.78 is 1.91. The summed E-state index contributed by atoms with van der Waals surface area (Å²) >= 11 is 1.64. The molecule has 0 unspecified atom stereocenters. The van der Waals surface area contributed by atoms with Gasteiger partial charge in [0.15, 0.2) is 0 Å². The number of likely N-dealkylation sites (N-methyl/N-ethyl adjacent to an activating group) is 1. The Morgan fingerprint density at radius 3 is 2.21 bits per heavy atom. The van der Waals surface area contributed by atoms with E-state index in [1.807, 2.05) is 10.7 Å². The molecule has 0 spiro atoms. The molecule has 3 aromatic rings. The molecule has 1 aromatic carbocycles. The maximum absolute atomic E-state index is 13.0. The zero-order chi connectivity index (χ0) is 26.2. The molecule has 3 fully saturated rings. The minimum atomic E-state index is 0.146. The van der Waals surface area contributed by atoms with E-state index in [9.17, 15) is 4.79 Å². The van der Waals surface area contributed by atoms with E-state index in [1.165, 1.54) is 5.69 Å². The van der Waals surface area contributed by atoms with Crippen LogP contribution >= 0.6 is 11.3 Å². The van der Waals surface area contributed by atoms with Crippen LogP contribution < -0.4 is 9.80 Å². The number of piperazine rings is 2. The Labute approximate surface area is 229 Å². The second kappa shape index (κ2) is 10.8. The number of piperidine rings is 1. The molecule has 10 heteroatoms. The maximum atomic E-state index is 13.0. The molecule has 9 nitrogen and oxygen atoms in total. The van der Waals surface area contributed by atoms with Gasteiger partial charge >= 0.3 is 0 Å². The van der Waals surface area contributed by atoms with Gasteiger partial charge in [0.2, 0.25) is 16.0 Å². The van der Waals surface area contributed by atoms with Crippen LogP contribution in [-0.2, 0) is 4.79 Å². The second-order valence-electron chi connectivity index (χ2n) is 11.3. The molecule has 3 aliphatic heterocycles. The van der Waals surface area contributed by atoms with Crippen LogP contribution in [0.2, 0.25) is 0 Å². The zero-order valence-electron chi connectivity index (χ0n) is 22.9.